The van der Waals surface area contributed by atoms with E-state index in [4.69, 9.17) is 5.11 Å². The second-order valence-electron chi connectivity index (χ2n) is 3.02. The molecule has 1 amide bonds. The van der Waals surface area contributed by atoms with Crippen LogP contribution in [-0.4, -0.2) is 16.2 Å². The van der Waals surface area contributed by atoms with Gasteiger partial charge in [0.15, 0.2) is 0 Å². The summed E-state index contributed by atoms with van der Waals surface area (Å²) >= 11 is 0. The summed E-state index contributed by atoms with van der Waals surface area (Å²) in [5.41, 5.74) is 1.98. The van der Waals surface area contributed by atoms with E-state index in [1.807, 2.05) is 30.5 Å². The number of hydrogen-bond donors (Lipinski definition) is 3. The summed E-state index contributed by atoms with van der Waals surface area (Å²) in [7, 11) is 0. The highest BCUT2D eigenvalue weighted by molar-refractivity contribution is 5.83. The van der Waals surface area contributed by atoms with E-state index in [-0.39, 0.29) is 0 Å². The molecule has 1 aromatic carbocycles. The minimum atomic E-state index is -1.00. The molecular weight excluding hydrogens is 180 g/mol. The molecule has 0 saturated heterocycles. The monoisotopic (exact) mass is 190 g/mol. The molecule has 0 saturated carbocycles. The Morgan fingerprint density at radius 2 is 2.21 bits per heavy atom. The first-order valence-electron chi connectivity index (χ1n) is 4.29. The number of aromatic amines is 1. The van der Waals surface area contributed by atoms with Gasteiger partial charge in [-0.15, -0.1) is 0 Å². The normalized spacial score (nSPS) is 10.3. The Balaban J connectivity index is 2.29. The van der Waals surface area contributed by atoms with Crippen molar-refractivity contribution in [3.05, 3.63) is 36.0 Å². The van der Waals surface area contributed by atoms with Crippen molar-refractivity contribution >= 4 is 17.0 Å². The fourth-order valence-electron chi connectivity index (χ4n) is 1.45. The predicted molar refractivity (Wildman–Crippen MR) is 53.2 cm³/mol. The number of nitrogens with one attached hydrogen (secondary N) is 2. The van der Waals surface area contributed by atoms with Gasteiger partial charge < -0.3 is 15.4 Å². The zero-order valence-corrected chi connectivity index (χ0v) is 7.45. The maximum Gasteiger partial charge on any atom is 0.404 e. The maximum absolute atomic E-state index is 10.3. The first-order chi connectivity index (χ1) is 6.77. The molecule has 0 radical (unpaired) electrons. The number of fused-ring (bicyclic) bond motifs is 1. The summed E-state index contributed by atoms with van der Waals surface area (Å²) in [6.45, 7) is 0.333. The van der Waals surface area contributed by atoms with E-state index >= 15 is 0 Å². The molecule has 2 aromatic rings. The molecule has 0 atom stereocenters. The topological polar surface area (TPSA) is 65.1 Å². The Hall–Kier alpha value is -1.97. The first kappa shape index (κ1) is 8.62. The number of hydrogen-bond acceptors (Lipinski definition) is 1. The van der Waals surface area contributed by atoms with E-state index in [0.29, 0.717) is 6.54 Å². The molecule has 3 N–H and O–H groups in total. The number of amides is 1. The molecule has 0 fully saturated rings. The van der Waals surface area contributed by atoms with Crippen molar-refractivity contribution in [3.8, 4) is 0 Å². The van der Waals surface area contributed by atoms with Gasteiger partial charge in [-0.1, -0.05) is 18.2 Å². The molecule has 4 nitrogen and oxygen atoms in total. The molecule has 4 heteroatoms. The lowest BCUT2D eigenvalue weighted by molar-refractivity contribution is 0.194. The van der Waals surface area contributed by atoms with Crippen LogP contribution in [0, 0.1) is 0 Å². The number of para-hydroxylation sites is 1. The third kappa shape index (κ3) is 1.54. The number of rotatable bonds is 2. The zero-order valence-electron chi connectivity index (χ0n) is 7.45. The number of aromatic nitrogens is 1. The molecule has 0 aliphatic rings. The standard InChI is InChI=1S/C10H10N2O2/c13-10(14)12-6-7-5-11-9-4-2-1-3-8(7)9/h1-5,11-12H,6H2,(H,13,14). The quantitative estimate of drug-likeness (QED) is 0.677. The minimum absolute atomic E-state index is 0.333. The van der Waals surface area contributed by atoms with Crippen LogP contribution in [0.2, 0.25) is 0 Å². The van der Waals surface area contributed by atoms with Gasteiger partial charge in [-0.3, -0.25) is 0 Å². The molecule has 0 unspecified atom stereocenters. The summed E-state index contributed by atoms with van der Waals surface area (Å²) < 4.78 is 0. The van der Waals surface area contributed by atoms with E-state index in [2.05, 4.69) is 10.3 Å². The van der Waals surface area contributed by atoms with Crippen molar-refractivity contribution in [2.45, 2.75) is 6.54 Å². The Bertz CT molecular complexity index is 462. The van der Waals surface area contributed by atoms with Gasteiger partial charge in [-0.2, -0.15) is 0 Å². The van der Waals surface area contributed by atoms with E-state index < -0.39 is 6.09 Å². The minimum Gasteiger partial charge on any atom is -0.465 e. The highest BCUT2D eigenvalue weighted by atomic mass is 16.4. The van der Waals surface area contributed by atoms with E-state index in [0.717, 1.165) is 16.5 Å². The van der Waals surface area contributed by atoms with Crippen LogP contribution in [0.1, 0.15) is 5.56 Å². The second-order valence-corrected chi connectivity index (χ2v) is 3.02. The lowest BCUT2D eigenvalue weighted by Gasteiger charge is -1.98. The van der Waals surface area contributed by atoms with Crippen molar-refractivity contribution in [2.75, 3.05) is 0 Å². The summed E-state index contributed by atoms with van der Waals surface area (Å²) in [5, 5.41) is 11.9. The molecule has 72 valence electrons. The van der Waals surface area contributed by atoms with Gasteiger partial charge >= 0.3 is 6.09 Å². The summed E-state index contributed by atoms with van der Waals surface area (Å²) in [6, 6.07) is 7.79. The highest BCUT2D eigenvalue weighted by Gasteiger charge is 2.03. The molecule has 0 aliphatic heterocycles. The Morgan fingerprint density at radius 1 is 1.43 bits per heavy atom. The summed E-state index contributed by atoms with van der Waals surface area (Å²) in [5.74, 6) is 0. The molecular formula is C10H10N2O2. The summed E-state index contributed by atoms with van der Waals surface area (Å²) in [4.78, 5) is 13.4. The van der Waals surface area contributed by atoms with Gasteiger partial charge in [0.05, 0.1) is 0 Å². The van der Waals surface area contributed by atoms with Crippen LogP contribution >= 0.6 is 0 Å². The predicted octanol–water partition coefficient (Wildman–Crippen LogP) is 1.94. The fourth-order valence-corrected chi connectivity index (χ4v) is 1.45. The van der Waals surface area contributed by atoms with Crippen LogP contribution in [0.4, 0.5) is 4.79 Å². The lowest BCUT2D eigenvalue weighted by Crippen LogP contribution is -2.19. The molecule has 0 spiro atoms. The number of carbonyl (C=O) groups is 1. The van der Waals surface area contributed by atoms with Crippen LogP contribution in [0.15, 0.2) is 30.5 Å². The van der Waals surface area contributed by atoms with Gasteiger partial charge in [-0.05, 0) is 11.6 Å². The molecule has 1 aromatic heterocycles. The lowest BCUT2D eigenvalue weighted by atomic mass is 10.2. The van der Waals surface area contributed by atoms with E-state index in [1.54, 1.807) is 0 Å². The van der Waals surface area contributed by atoms with Crippen LogP contribution in [-0.2, 0) is 6.54 Å². The molecule has 1 heterocycles. The summed E-state index contributed by atoms with van der Waals surface area (Å²) in [6.07, 6.45) is 0.816. The SMILES string of the molecule is O=C(O)NCc1c[nH]c2ccccc12. The molecule has 0 aliphatic carbocycles. The fraction of sp³-hybridized carbons (Fsp3) is 0.100. The van der Waals surface area contributed by atoms with Crippen LogP contribution < -0.4 is 5.32 Å². The van der Waals surface area contributed by atoms with Gasteiger partial charge in [0.25, 0.3) is 0 Å². The van der Waals surface area contributed by atoms with E-state index in [1.165, 1.54) is 0 Å². The van der Waals surface area contributed by atoms with Gasteiger partial charge in [0.2, 0.25) is 0 Å². The second kappa shape index (κ2) is 3.41. The van der Waals surface area contributed by atoms with Gasteiger partial charge in [0.1, 0.15) is 0 Å². The van der Waals surface area contributed by atoms with Crippen molar-refractivity contribution < 1.29 is 9.90 Å². The highest BCUT2D eigenvalue weighted by Crippen LogP contribution is 2.16. The average molecular weight is 190 g/mol. The first-order valence-corrected chi connectivity index (χ1v) is 4.29. The number of H-pyrrole nitrogens is 1. The third-order valence-electron chi connectivity index (χ3n) is 2.10. The zero-order chi connectivity index (χ0) is 9.97. The maximum atomic E-state index is 10.3. The van der Waals surface area contributed by atoms with Gasteiger partial charge in [-0.25, -0.2) is 4.79 Å². The van der Waals surface area contributed by atoms with Gasteiger partial charge in [0, 0.05) is 23.6 Å². The van der Waals surface area contributed by atoms with Crippen LogP contribution in [0.3, 0.4) is 0 Å². The molecule has 14 heavy (non-hydrogen) atoms. The number of carboxylic acid groups (broad SMARTS) is 1. The Labute approximate surface area is 80.6 Å². The van der Waals surface area contributed by atoms with Crippen molar-refractivity contribution in [1.29, 1.82) is 0 Å². The van der Waals surface area contributed by atoms with Crippen molar-refractivity contribution in [3.63, 3.8) is 0 Å². The Kier molecular flexibility index (Phi) is 2.10. The van der Waals surface area contributed by atoms with Crippen molar-refractivity contribution in [2.24, 2.45) is 0 Å². The largest absolute Gasteiger partial charge is 0.465 e. The Morgan fingerprint density at radius 3 is 3.00 bits per heavy atom. The van der Waals surface area contributed by atoms with Crippen molar-refractivity contribution in [1.82, 2.24) is 10.3 Å². The number of benzene rings is 1. The molecule has 2 rings (SSSR count). The average Bonchev–Trinajstić information content (AvgIpc) is 2.58. The molecule has 0 bridgehead atoms. The smallest absolute Gasteiger partial charge is 0.404 e. The van der Waals surface area contributed by atoms with Crippen LogP contribution in [0.25, 0.3) is 10.9 Å². The third-order valence-corrected chi connectivity index (χ3v) is 2.10. The van der Waals surface area contributed by atoms with E-state index in [9.17, 15) is 4.79 Å². The van der Waals surface area contributed by atoms with Crippen LogP contribution in [0.5, 0.6) is 0 Å².